The van der Waals surface area contributed by atoms with E-state index >= 15 is 0 Å². The van der Waals surface area contributed by atoms with Crippen molar-refractivity contribution >= 4 is 33.2 Å². The first-order chi connectivity index (χ1) is 8.06. The number of nitrogens with two attached hydrogens (primary N) is 1. The predicted molar refractivity (Wildman–Crippen MR) is 73.4 cm³/mol. The van der Waals surface area contributed by atoms with Gasteiger partial charge in [0.15, 0.2) is 0 Å². The molecule has 2 N–H and O–H groups in total. The molecule has 0 saturated heterocycles. The minimum Gasteiger partial charge on any atom is -0.394 e. The van der Waals surface area contributed by atoms with Crippen LogP contribution in [0.1, 0.15) is 5.56 Å². The molecule has 0 atom stereocenters. The number of hydrogen-bond donors (Lipinski definition) is 1. The molecule has 0 radical (unpaired) electrons. The van der Waals surface area contributed by atoms with E-state index in [1.54, 1.807) is 12.4 Å². The normalized spacial score (nSPS) is 10.5. The molecular formula is C12H10BrClN2O. The molecule has 1 aromatic carbocycles. The highest BCUT2D eigenvalue weighted by Crippen LogP contribution is 2.13. The van der Waals surface area contributed by atoms with Crippen molar-refractivity contribution in [2.75, 3.05) is 5.73 Å². The summed E-state index contributed by atoms with van der Waals surface area (Å²) < 4.78 is 2.30. The van der Waals surface area contributed by atoms with Crippen LogP contribution in [0.15, 0.2) is 45.9 Å². The number of aromatic nitrogens is 1. The third-order valence-corrected chi connectivity index (χ3v) is 3.12. The minimum atomic E-state index is -0.188. The molecule has 88 valence electrons. The number of rotatable bonds is 2. The fourth-order valence-electron chi connectivity index (χ4n) is 1.55. The highest BCUT2D eigenvalue weighted by molar-refractivity contribution is 9.10. The van der Waals surface area contributed by atoms with Crippen molar-refractivity contribution in [2.24, 2.45) is 0 Å². The van der Waals surface area contributed by atoms with Gasteiger partial charge in [-0.2, -0.15) is 0 Å². The number of halogens is 2. The standard InChI is InChI=1S/C12H10BrClN2O/c13-10-6-16(7-11(15)12(10)17)5-8-2-1-3-9(14)4-8/h1-4,6-7H,5,15H2. The molecular weight excluding hydrogens is 304 g/mol. The van der Waals surface area contributed by atoms with Gasteiger partial charge in [-0.1, -0.05) is 23.7 Å². The summed E-state index contributed by atoms with van der Waals surface area (Å²) in [6.45, 7) is 0.615. The number of hydrogen-bond acceptors (Lipinski definition) is 2. The Morgan fingerprint density at radius 1 is 1.35 bits per heavy atom. The summed E-state index contributed by atoms with van der Waals surface area (Å²) in [4.78, 5) is 11.4. The zero-order valence-electron chi connectivity index (χ0n) is 8.86. The Labute approximate surface area is 112 Å². The maximum Gasteiger partial charge on any atom is 0.218 e. The number of nitrogen functional groups attached to an aromatic ring is 1. The molecule has 0 aliphatic rings. The first kappa shape index (κ1) is 12.2. The Hall–Kier alpha value is -1.26. The predicted octanol–water partition coefficient (Wildman–Crippen LogP) is 2.89. The molecule has 0 unspecified atom stereocenters. The molecule has 0 spiro atoms. The summed E-state index contributed by atoms with van der Waals surface area (Å²) in [6, 6.07) is 7.55. The summed E-state index contributed by atoms with van der Waals surface area (Å²) in [7, 11) is 0. The van der Waals surface area contributed by atoms with E-state index in [0.717, 1.165) is 5.56 Å². The Morgan fingerprint density at radius 3 is 2.76 bits per heavy atom. The van der Waals surface area contributed by atoms with Crippen molar-refractivity contribution in [1.29, 1.82) is 0 Å². The van der Waals surface area contributed by atoms with Crippen molar-refractivity contribution in [3.63, 3.8) is 0 Å². The molecule has 0 aliphatic heterocycles. The van der Waals surface area contributed by atoms with Crippen molar-refractivity contribution in [2.45, 2.75) is 6.54 Å². The van der Waals surface area contributed by atoms with Gasteiger partial charge in [-0.15, -0.1) is 0 Å². The zero-order valence-corrected chi connectivity index (χ0v) is 11.2. The van der Waals surface area contributed by atoms with Gasteiger partial charge in [-0.25, -0.2) is 0 Å². The molecule has 0 saturated carbocycles. The molecule has 5 heteroatoms. The molecule has 1 aromatic heterocycles. The molecule has 17 heavy (non-hydrogen) atoms. The van der Waals surface area contributed by atoms with E-state index < -0.39 is 0 Å². The molecule has 3 nitrogen and oxygen atoms in total. The van der Waals surface area contributed by atoms with E-state index in [2.05, 4.69) is 15.9 Å². The first-order valence-corrected chi connectivity index (χ1v) is 6.13. The summed E-state index contributed by atoms with van der Waals surface area (Å²) >= 11 is 9.09. The SMILES string of the molecule is Nc1cn(Cc2cccc(Cl)c2)cc(Br)c1=O. The lowest BCUT2D eigenvalue weighted by Gasteiger charge is -2.08. The van der Waals surface area contributed by atoms with Gasteiger partial charge in [-0.05, 0) is 33.6 Å². The van der Waals surface area contributed by atoms with Gasteiger partial charge in [0, 0.05) is 24.0 Å². The third kappa shape index (κ3) is 2.90. The van der Waals surface area contributed by atoms with Gasteiger partial charge >= 0.3 is 0 Å². The van der Waals surface area contributed by atoms with Crippen LogP contribution in [-0.4, -0.2) is 4.57 Å². The van der Waals surface area contributed by atoms with Crippen molar-refractivity contribution in [3.8, 4) is 0 Å². The van der Waals surface area contributed by atoms with Gasteiger partial charge in [-0.3, -0.25) is 4.79 Å². The largest absolute Gasteiger partial charge is 0.394 e. The summed E-state index contributed by atoms with van der Waals surface area (Å²) in [5.41, 5.74) is 6.70. The molecule has 2 rings (SSSR count). The van der Waals surface area contributed by atoms with E-state index in [-0.39, 0.29) is 11.1 Å². The monoisotopic (exact) mass is 312 g/mol. The van der Waals surface area contributed by atoms with Gasteiger partial charge in [0.1, 0.15) is 0 Å². The van der Waals surface area contributed by atoms with Crippen molar-refractivity contribution in [1.82, 2.24) is 4.57 Å². The second kappa shape index (κ2) is 4.94. The Morgan fingerprint density at radius 2 is 2.12 bits per heavy atom. The number of pyridine rings is 1. The van der Waals surface area contributed by atoms with Gasteiger partial charge in [0.05, 0.1) is 10.2 Å². The fraction of sp³-hybridized carbons (Fsp3) is 0.0833. The van der Waals surface area contributed by atoms with Crippen molar-refractivity contribution < 1.29 is 0 Å². The molecule has 0 amide bonds. The van der Waals surface area contributed by atoms with Gasteiger partial charge in [0.2, 0.25) is 5.43 Å². The van der Waals surface area contributed by atoms with Crippen LogP contribution in [0.5, 0.6) is 0 Å². The topological polar surface area (TPSA) is 48.0 Å². The molecule has 0 bridgehead atoms. The van der Waals surface area contributed by atoms with E-state index in [9.17, 15) is 4.79 Å². The van der Waals surface area contributed by atoms with Crippen LogP contribution < -0.4 is 11.2 Å². The van der Waals surface area contributed by atoms with Crippen molar-refractivity contribution in [3.05, 3.63) is 61.9 Å². The molecule has 2 aromatic rings. The van der Waals surface area contributed by atoms with Gasteiger partial charge < -0.3 is 10.3 Å². The average Bonchev–Trinajstić information content (AvgIpc) is 2.26. The zero-order chi connectivity index (χ0) is 12.4. The lowest BCUT2D eigenvalue weighted by Crippen LogP contribution is -2.13. The lowest BCUT2D eigenvalue weighted by atomic mass is 10.2. The molecule has 0 fully saturated rings. The summed E-state index contributed by atoms with van der Waals surface area (Å²) in [6.07, 6.45) is 3.33. The first-order valence-electron chi connectivity index (χ1n) is 4.96. The van der Waals surface area contributed by atoms with Crippen LogP contribution in [0.4, 0.5) is 5.69 Å². The summed E-state index contributed by atoms with van der Waals surface area (Å²) in [5, 5.41) is 0.690. The second-order valence-corrected chi connectivity index (χ2v) is 4.98. The van der Waals surface area contributed by atoms with Crippen LogP contribution in [0.25, 0.3) is 0 Å². The van der Waals surface area contributed by atoms with Gasteiger partial charge in [0.25, 0.3) is 0 Å². The minimum absolute atomic E-state index is 0.188. The number of benzene rings is 1. The molecule has 0 aliphatic carbocycles. The van der Waals surface area contributed by atoms with Crippen LogP contribution >= 0.6 is 27.5 Å². The van der Waals surface area contributed by atoms with Crippen LogP contribution in [0.2, 0.25) is 5.02 Å². The van der Waals surface area contributed by atoms with Crippen LogP contribution in [0, 0.1) is 0 Å². The fourth-order valence-corrected chi connectivity index (χ4v) is 2.26. The van der Waals surface area contributed by atoms with E-state index in [4.69, 9.17) is 17.3 Å². The van der Waals surface area contributed by atoms with E-state index in [1.807, 2.05) is 28.8 Å². The smallest absolute Gasteiger partial charge is 0.218 e. The highest BCUT2D eigenvalue weighted by atomic mass is 79.9. The number of nitrogens with zero attached hydrogens (tertiary/aromatic N) is 1. The molecule has 1 heterocycles. The Bertz CT molecular complexity index is 583. The highest BCUT2D eigenvalue weighted by Gasteiger charge is 2.03. The maximum absolute atomic E-state index is 11.4. The quantitative estimate of drug-likeness (QED) is 0.926. The number of anilines is 1. The Balaban J connectivity index is 2.34. The van der Waals surface area contributed by atoms with E-state index in [0.29, 0.717) is 16.0 Å². The third-order valence-electron chi connectivity index (χ3n) is 2.32. The average molecular weight is 314 g/mol. The maximum atomic E-state index is 11.4. The lowest BCUT2D eigenvalue weighted by molar-refractivity contribution is 0.787. The van der Waals surface area contributed by atoms with E-state index in [1.165, 1.54) is 0 Å². The Kier molecular flexibility index (Phi) is 3.54. The van der Waals surface area contributed by atoms with Crippen LogP contribution in [0.3, 0.4) is 0 Å². The summed E-state index contributed by atoms with van der Waals surface area (Å²) in [5.74, 6) is 0. The second-order valence-electron chi connectivity index (χ2n) is 3.69. The van der Waals surface area contributed by atoms with Crippen LogP contribution in [-0.2, 0) is 6.54 Å².